The molecule has 0 bridgehead atoms. The zero-order valence-electron chi connectivity index (χ0n) is 21.5. The van der Waals surface area contributed by atoms with Gasteiger partial charge in [0.25, 0.3) is 11.1 Å². The zero-order chi connectivity index (χ0) is 26.5. The lowest BCUT2D eigenvalue weighted by atomic mass is 10.1. The van der Waals surface area contributed by atoms with Crippen molar-refractivity contribution in [2.24, 2.45) is 0 Å². The number of carbonyl (C=O) groups excluding carboxylic acids is 2. The van der Waals surface area contributed by atoms with Gasteiger partial charge in [0.15, 0.2) is 0 Å². The van der Waals surface area contributed by atoms with Crippen LogP contribution in [0.2, 0.25) is 0 Å². The van der Waals surface area contributed by atoms with Crippen molar-refractivity contribution in [3.8, 4) is 11.5 Å². The monoisotopic (exact) mass is 526 g/mol. The average Bonchev–Trinajstić information content (AvgIpc) is 3.40. The van der Waals surface area contributed by atoms with Gasteiger partial charge >= 0.3 is 0 Å². The number of nitrogens with zero attached hydrogens (tertiary/aromatic N) is 2. The Labute approximate surface area is 226 Å². The van der Waals surface area contributed by atoms with Gasteiger partial charge in [-0.05, 0) is 74.0 Å². The first kappa shape index (κ1) is 25.7. The third-order valence-electron chi connectivity index (χ3n) is 6.24. The van der Waals surface area contributed by atoms with Gasteiger partial charge in [0.2, 0.25) is 0 Å². The zero-order valence-corrected chi connectivity index (χ0v) is 22.3. The second-order valence-electron chi connectivity index (χ2n) is 9.35. The van der Waals surface area contributed by atoms with Gasteiger partial charge in [-0.25, -0.2) is 0 Å². The molecule has 1 fully saturated rings. The summed E-state index contributed by atoms with van der Waals surface area (Å²) in [5.74, 6) is 1.36. The molecule has 0 N–H and O–H groups in total. The summed E-state index contributed by atoms with van der Waals surface area (Å²) in [7, 11) is 0. The minimum atomic E-state index is -0.235. The van der Waals surface area contributed by atoms with Gasteiger partial charge in [-0.3, -0.25) is 14.5 Å². The minimum absolute atomic E-state index is 0.126. The van der Waals surface area contributed by atoms with E-state index in [1.807, 2.05) is 98.9 Å². The molecule has 2 amide bonds. The number of fused-ring (bicyclic) bond motifs is 1. The smallest absolute Gasteiger partial charge is 0.293 e. The van der Waals surface area contributed by atoms with Crippen LogP contribution < -0.4 is 9.47 Å². The molecule has 0 unspecified atom stereocenters. The van der Waals surface area contributed by atoms with Gasteiger partial charge < -0.3 is 14.0 Å². The molecule has 7 heteroatoms. The van der Waals surface area contributed by atoms with Crippen molar-refractivity contribution >= 4 is 39.9 Å². The molecule has 1 aromatic heterocycles. The number of imide groups is 1. The summed E-state index contributed by atoms with van der Waals surface area (Å²) in [6.07, 6.45) is 4.62. The molecular formula is C31H30N2O4S. The molecule has 4 aromatic rings. The van der Waals surface area contributed by atoms with Gasteiger partial charge in [-0.1, -0.05) is 48.5 Å². The third-order valence-corrected chi connectivity index (χ3v) is 7.15. The van der Waals surface area contributed by atoms with E-state index in [0.717, 1.165) is 45.3 Å². The predicted octanol–water partition coefficient (Wildman–Crippen LogP) is 6.79. The largest absolute Gasteiger partial charge is 0.492 e. The fourth-order valence-electron chi connectivity index (χ4n) is 4.44. The summed E-state index contributed by atoms with van der Waals surface area (Å²) in [5, 5.41) is 0.804. The highest BCUT2D eigenvalue weighted by Crippen LogP contribution is 2.34. The van der Waals surface area contributed by atoms with Crippen molar-refractivity contribution in [1.82, 2.24) is 9.47 Å². The van der Waals surface area contributed by atoms with Crippen molar-refractivity contribution in [2.75, 3.05) is 13.2 Å². The van der Waals surface area contributed by atoms with Crippen LogP contribution in [0.3, 0.4) is 0 Å². The summed E-state index contributed by atoms with van der Waals surface area (Å²) in [6.45, 7) is 5.49. The minimum Gasteiger partial charge on any atom is -0.492 e. The number of benzene rings is 3. The van der Waals surface area contributed by atoms with E-state index in [-0.39, 0.29) is 17.3 Å². The molecule has 1 saturated heterocycles. The molecule has 0 atom stereocenters. The molecule has 194 valence electrons. The quantitative estimate of drug-likeness (QED) is 0.213. The van der Waals surface area contributed by atoms with E-state index in [9.17, 15) is 9.59 Å². The lowest BCUT2D eigenvalue weighted by Gasteiger charge is -2.12. The number of rotatable bonds is 10. The lowest BCUT2D eigenvalue weighted by molar-refractivity contribution is -0.122. The Bertz CT molecular complexity index is 1460. The molecular weight excluding hydrogens is 496 g/mol. The van der Waals surface area contributed by atoms with Crippen molar-refractivity contribution in [1.29, 1.82) is 0 Å². The first-order valence-electron chi connectivity index (χ1n) is 12.7. The Morgan fingerprint density at radius 1 is 0.868 bits per heavy atom. The first-order valence-corrected chi connectivity index (χ1v) is 13.6. The molecule has 0 aliphatic carbocycles. The standard InChI is InChI=1S/C31H30N2O4S/c1-22(2)37-26-14-12-25(13-15-26)36-19-18-32-21-24(27-10-6-7-11-28(27)32)20-29-30(34)33(31(35)38-29)17-16-23-8-4-3-5-9-23/h3-15,20-22H,16-19H2,1-2H3/b29-20-. The van der Waals surface area contributed by atoms with E-state index in [1.54, 1.807) is 0 Å². The fraction of sp³-hybridized carbons (Fsp3) is 0.226. The van der Waals surface area contributed by atoms with Crippen LogP contribution in [0.5, 0.6) is 11.5 Å². The number of amides is 2. The summed E-state index contributed by atoms with van der Waals surface area (Å²) >= 11 is 1.00. The lowest BCUT2D eigenvalue weighted by Crippen LogP contribution is -2.30. The summed E-state index contributed by atoms with van der Waals surface area (Å²) < 4.78 is 13.8. The Balaban J connectivity index is 1.27. The number of hydrogen-bond donors (Lipinski definition) is 0. The van der Waals surface area contributed by atoms with E-state index in [0.29, 0.717) is 31.0 Å². The second kappa shape index (κ2) is 11.6. The molecule has 1 aliphatic rings. The maximum absolute atomic E-state index is 13.1. The van der Waals surface area contributed by atoms with Gasteiger partial charge in [0.1, 0.15) is 18.1 Å². The fourth-order valence-corrected chi connectivity index (χ4v) is 5.30. The highest BCUT2D eigenvalue weighted by Gasteiger charge is 2.34. The summed E-state index contributed by atoms with van der Waals surface area (Å²) in [4.78, 5) is 27.5. The van der Waals surface area contributed by atoms with Crippen molar-refractivity contribution in [2.45, 2.75) is 32.9 Å². The Hall–Kier alpha value is -3.97. The van der Waals surface area contributed by atoms with E-state index in [1.165, 1.54) is 4.90 Å². The van der Waals surface area contributed by atoms with Crippen LogP contribution in [-0.4, -0.2) is 39.9 Å². The van der Waals surface area contributed by atoms with Crippen LogP contribution in [0.15, 0.2) is 90.0 Å². The van der Waals surface area contributed by atoms with E-state index < -0.39 is 0 Å². The second-order valence-corrected chi connectivity index (χ2v) is 10.3. The summed E-state index contributed by atoms with van der Waals surface area (Å²) in [5.41, 5.74) is 3.05. The third kappa shape index (κ3) is 5.94. The Kier molecular flexibility index (Phi) is 7.84. The highest BCUT2D eigenvalue weighted by atomic mass is 32.2. The van der Waals surface area contributed by atoms with Crippen molar-refractivity contribution < 1.29 is 19.1 Å². The maximum Gasteiger partial charge on any atom is 0.293 e. The molecule has 6 nitrogen and oxygen atoms in total. The van der Waals surface area contributed by atoms with Gasteiger partial charge in [-0.15, -0.1) is 0 Å². The van der Waals surface area contributed by atoms with Gasteiger partial charge in [0.05, 0.1) is 17.6 Å². The van der Waals surface area contributed by atoms with Crippen LogP contribution in [-0.2, 0) is 17.8 Å². The topological polar surface area (TPSA) is 60.8 Å². The predicted molar refractivity (Wildman–Crippen MR) is 152 cm³/mol. The highest BCUT2D eigenvalue weighted by molar-refractivity contribution is 8.18. The number of hydrogen-bond acceptors (Lipinski definition) is 5. The normalized spacial score (nSPS) is 14.7. The molecule has 0 saturated carbocycles. The molecule has 2 heterocycles. The van der Waals surface area contributed by atoms with Crippen LogP contribution in [0.25, 0.3) is 17.0 Å². The molecule has 0 radical (unpaired) electrons. The molecule has 0 spiro atoms. The molecule has 38 heavy (non-hydrogen) atoms. The number of carbonyl (C=O) groups is 2. The Morgan fingerprint density at radius 3 is 2.34 bits per heavy atom. The Morgan fingerprint density at radius 2 is 1.58 bits per heavy atom. The van der Waals surface area contributed by atoms with Crippen LogP contribution in [0, 0.1) is 0 Å². The number of ether oxygens (including phenoxy) is 2. The van der Waals surface area contributed by atoms with E-state index in [2.05, 4.69) is 10.6 Å². The SMILES string of the molecule is CC(C)Oc1ccc(OCCn2cc(/C=C3\SC(=O)N(CCc4ccccc4)C3=O)c3ccccc32)cc1. The van der Waals surface area contributed by atoms with Crippen molar-refractivity contribution in [3.63, 3.8) is 0 Å². The van der Waals surface area contributed by atoms with Crippen LogP contribution in [0.1, 0.15) is 25.0 Å². The molecule has 3 aromatic carbocycles. The molecule has 1 aliphatic heterocycles. The van der Waals surface area contributed by atoms with Crippen LogP contribution in [0.4, 0.5) is 4.79 Å². The summed E-state index contributed by atoms with van der Waals surface area (Å²) in [6, 6.07) is 25.6. The first-order chi connectivity index (χ1) is 18.5. The number of thioether (sulfide) groups is 1. The van der Waals surface area contributed by atoms with E-state index in [4.69, 9.17) is 9.47 Å². The van der Waals surface area contributed by atoms with Gasteiger partial charge in [0, 0.05) is 29.2 Å². The number of aromatic nitrogens is 1. The number of para-hydroxylation sites is 1. The van der Waals surface area contributed by atoms with Crippen molar-refractivity contribution in [3.05, 3.63) is 101 Å². The van der Waals surface area contributed by atoms with E-state index >= 15 is 0 Å². The molecule has 5 rings (SSSR count). The van der Waals surface area contributed by atoms with Gasteiger partial charge in [-0.2, -0.15) is 0 Å². The maximum atomic E-state index is 13.1. The van der Waals surface area contributed by atoms with Crippen LogP contribution >= 0.6 is 11.8 Å². The average molecular weight is 527 g/mol.